The lowest BCUT2D eigenvalue weighted by atomic mass is 9.85. The van der Waals surface area contributed by atoms with Gasteiger partial charge in [0.1, 0.15) is 0 Å². The monoisotopic (exact) mass is 258 g/mol. The minimum atomic E-state index is 0.169. The molecule has 0 N–H and O–H groups in total. The maximum absolute atomic E-state index is 6.10. The summed E-state index contributed by atoms with van der Waals surface area (Å²) in [5.41, 5.74) is 5.23. The second kappa shape index (κ2) is 4.78. The van der Waals surface area contributed by atoms with Crippen LogP contribution in [0.2, 0.25) is 5.02 Å². The Labute approximate surface area is 115 Å². The Kier molecular flexibility index (Phi) is 3.49. The molecule has 0 radical (unpaired) electrons. The molecule has 0 unspecified atom stereocenters. The van der Waals surface area contributed by atoms with E-state index >= 15 is 0 Å². The van der Waals surface area contributed by atoms with Crippen molar-refractivity contribution in [3.05, 3.63) is 58.6 Å². The molecule has 18 heavy (non-hydrogen) atoms. The molecule has 1 heteroatoms. The zero-order valence-corrected chi connectivity index (χ0v) is 12.2. The summed E-state index contributed by atoms with van der Waals surface area (Å²) < 4.78 is 0. The molecule has 2 aromatic carbocycles. The van der Waals surface area contributed by atoms with Gasteiger partial charge in [-0.2, -0.15) is 0 Å². The molecule has 2 aromatic rings. The van der Waals surface area contributed by atoms with Gasteiger partial charge in [0.2, 0.25) is 0 Å². The van der Waals surface area contributed by atoms with Crippen molar-refractivity contribution in [2.24, 2.45) is 0 Å². The molecule has 0 atom stereocenters. The first kappa shape index (κ1) is 13.2. The lowest BCUT2D eigenvalue weighted by Gasteiger charge is -2.20. The summed E-state index contributed by atoms with van der Waals surface area (Å²) in [5, 5.41) is 0.789. The lowest BCUT2D eigenvalue weighted by molar-refractivity contribution is 0.590. The Hall–Kier alpha value is -1.27. The molecule has 0 nitrogen and oxygen atoms in total. The summed E-state index contributed by atoms with van der Waals surface area (Å²) in [7, 11) is 0. The van der Waals surface area contributed by atoms with E-state index in [0.717, 1.165) is 5.02 Å². The first-order chi connectivity index (χ1) is 8.38. The molecular weight excluding hydrogens is 240 g/mol. The predicted octanol–water partition coefficient (Wildman–Crippen LogP) is 5.61. The fourth-order valence-corrected chi connectivity index (χ4v) is 2.23. The summed E-state index contributed by atoms with van der Waals surface area (Å²) in [5.74, 6) is 0. The Morgan fingerprint density at radius 3 is 2.33 bits per heavy atom. The first-order valence-corrected chi connectivity index (χ1v) is 6.63. The summed E-state index contributed by atoms with van der Waals surface area (Å²) in [6, 6.07) is 14.8. The highest BCUT2D eigenvalue weighted by atomic mass is 35.5. The number of benzene rings is 2. The van der Waals surface area contributed by atoms with E-state index in [9.17, 15) is 0 Å². The number of aryl methyl sites for hydroxylation is 1. The molecule has 0 amide bonds. The Bertz CT molecular complexity index is 562. The number of hydrogen-bond donors (Lipinski definition) is 0. The van der Waals surface area contributed by atoms with Gasteiger partial charge in [-0.05, 0) is 46.7 Å². The van der Waals surface area contributed by atoms with Gasteiger partial charge < -0.3 is 0 Å². The maximum Gasteiger partial charge on any atom is 0.0412 e. The molecule has 0 aromatic heterocycles. The van der Waals surface area contributed by atoms with E-state index in [-0.39, 0.29) is 5.41 Å². The summed E-state index contributed by atoms with van der Waals surface area (Å²) in [6.45, 7) is 8.82. The maximum atomic E-state index is 6.10. The molecule has 0 heterocycles. The van der Waals surface area contributed by atoms with Crippen molar-refractivity contribution in [1.82, 2.24) is 0 Å². The van der Waals surface area contributed by atoms with Crippen molar-refractivity contribution in [1.29, 1.82) is 0 Å². The van der Waals surface area contributed by atoms with Gasteiger partial charge in [-0.1, -0.05) is 62.7 Å². The van der Waals surface area contributed by atoms with Gasteiger partial charge in [-0.3, -0.25) is 0 Å². The summed E-state index contributed by atoms with van der Waals surface area (Å²) in [4.78, 5) is 0. The van der Waals surface area contributed by atoms with E-state index in [1.807, 2.05) is 12.1 Å². The normalized spacial score (nSPS) is 11.6. The summed E-state index contributed by atoms with van der Waals surface area (Å²) in [6.07, 6.45) is 0. The Balaban J connectivity index is 2.55. The molecule has 0 spiro atoms. The van der Waals surface area contributed by atoms with Crippen LogP contribution in [0.1, 0.15) is 31.9 Å². The third-order valence-electron chi connectivity index (χ3n) is 3.24. The fourth-order valence-electron chi connectivity index (χ4n) is 2.06. The largest absolute Gasteiger partial charge is 0.0843 e. The standard InChI is InChI=1S/C17H19Cl/c1-12-8-9-15(18)11-16(12)13-6-5-7-14(10-13)17(2,3)4/h5-11H,1-4H3. The van der Waals surface area contributed by atoms with Crippen LogP contribution in [0.3, 0.4) is 0 Å². The second-order valence-electron chi connectivity index (χ2n) is 5.79. The number of halogens is 1. The molecule has 0 aliphatic rings. The Morgan fingerprint density at radius 2 is 1.67 bits per heavy atom. The van der Waals surface area contributed by atoms with E-state index in [1.165, 1.54) is 22.3 Å². The van der Waals surface area contributed by atoms with Crippen molar-refractivity contribution in [2.45, 2.75) is 33.1 Å². The van der Waals surface area contributed by atoms with Crippen LogP contribution in [0.15, 0.2) is 42.5 Å². The molecule has 2 rings (SSSR count). The van der Waals surface area contributed by atoms with Crippen LogP contribution in [0.5, 0.6) is 0 Å². The van der Waals surface area contributed by atoms with Crippen LogP contribution in [0, 0.1) is 6.92 Å². The van der Waals surface area contributed by atoms with Crippen LogP contribution in [-0.2, 0) is 5.41 Å². The minimum absolute atomic E-state index is 0.169. The third kappa shape index (κ3) is 2.76. The minimum Gasteiger partial charge on any atom is -0.0843 e. The van der Waals surface area contributed by atoms with E-state index in [4.69, 9.17) is 11.6 Å². The fraction of sp³-hybridized carbons (Fsp3) is 0.294. The quantitative estimate of drug-likeness (QED) is 0.623. The molecule has 0 saturated heterocycles. The van der Waals surface area contributed by atoms with E-state index in [1.54, 1.807) is 0 Å². The second-order valence-corrected chi connectivity index (χ2v) is 6.23. The molecule has 94 valence electrons. The highest BCUT2D eigenvalue weighted by Gasteiger charge is 2.14. The van der Waals surface area contributed by atoms with E-state index < -0.39 is 0 Å². The van der Waals surface area contributed by atoms with Crippen molar-refractivity contribution in [3.8, 4) is 11.1 Å². The average molecular weight is 259 g/mol. The zero-order valence-electron chi connectivity index (χ0n) is 11.4. The van der Waals surface area contributed by atoms with Crippen LogP contribution in [-0.4, -0.2) is 0 Å². The lowest BCUT2D eigenvalue weighted by Crippen LogP contribution is -2.10. The predicted molar refractivity (Wildman–Crippen MR) is 80.3 cm³/mol. The van der Waals surface area contributed by atoms with Gasteiger partial charge in [0.05, 0.1) is 0 Å². The van der Waals surface area contributed by atoms with Crippen molar-refractivity contribution in [2.75, 3.05) is 0 Å². The van der Waals surface area contributed by atoms with Crippen LogP contribution in [0.4, 0.5) is 0 Å². The van der Waals surface area contributed by atoms with Crippen LogP contribution >= 0.6 is 11.6 Å². The van der Waals surface area contributed by atoms with Gasteiger partial charge in [0.25, 0.3) is 0 Å². The molecule has 0 aliphatic heterocycles. The van der Waals surface area contributed by atoms with E-state index in [0.29, 0.717) is 0 Å². The van der Waals surface area contributed by atoms with Gasteiger partial charge in [-0.25, -0.2) is 0 Å². The smallest absolute Gasteiger partial charge is 0.0412 e. The van der Waals surface area contributed by atoms with Crippen LogP contribution < -0.4 is 0 Å². The summed E-state index contributed by atoms with van der Waals surface area (Å²) >= 11 is 6.10. The van der Waals surface area contributed by atoms with Gasteiger partial charge in [-0.15, -0.1) is 0 Å². The van der Waals surface area contributed by atoms with Gasteiger partial charge in [0, 0.05) is 5.02 Å². The molecule has 0 saturated carbocycles. The highest BCUT2D eigenvalue weighted by molar-refractivity contribution is 6.30. The van der Waals surface area contributed by atoms with Crippen molar-refractivity contribution >= 4 is 11.6 Å². The number of hydrogen-bond acceptors (Lipinski definition) is 0. The van der Waals surface area contributed by atoms with Crippen LogP contribution in [0.25, 0.3) is 11.1 Å². The number of rotatable bonds is 1. The zero-order chi connectivity index (χ0) is 13.3. The van der Waals surface area contributed by atoms with Gasteiger partial charge in [0.15, 0.2) is 0 Å². The molecule has 0 aliphatic carbocycles. The van der Waals surface area contributed by atoms with Gasteiger partial charge >= 0.3 is 0 Å². The molecule has 0 bridgehead atoms. The highest BCUT2D eigenvalue weighted by Crippen LogP contribution is 2.30. The third-order valence-corrected chi connectivity index (χ3v) is 3.47. The average Bonchev–Trinajstić information content (AvgIpc) is 2.31. The van der Waals surface area contributed by atoms with Crippen molar-refractivity contribution in [3.63, 3.8) is 0 Å². The van der Waals surface area contributed by atoms with Crippen molar-refractivity contribution < 1.29 is 0 Å². The Morgan fingerprint density at radius 1 is 0.944 bits per heavy atom. The topological polar surface area (TPSA) is 0 Å². The molecule has 0 fully saturated rings. The first-order valence-electron chi connectivity index (χ1n) is 6.25. The SMILES string of the molecule is Cc1ccc(Cl)cc1-c1cccc(C(C)(C)C)c1. The van der Waals surface area contributed by atoms with E-state index in [2.05, 4.69) is 58.0 Å². The molecular formula is C17H19Cl.